The SMILES string of the molecule is Cc1cccc(N2CCN(C(=O)Cc3csc(CN(C)C)n3)CC2)c1C. The molecule has 5 nitrogen and oxygen atoms in total. The smallest absolute Gasteiger partial charge is 0.228 e. The summed E-state index contributed by atoms with van der Waals surface area (Å²) in [6, 6.07) is 6.45. The van der Waals surface area contributed by atoms with E-state index in [0.717, 1.165) is 43.4 Å². The second kappa shape index (κ2) is 8.18. The minimum atomic E-state index is 0.187. The number of amides is 1. The van der Waals surface area contributed by atoms with E-state index >= 15 is 0 Å². The molecule has 1 fully saturated rings. The Bertz CT molecular complexity index is 763. The van der Waals surface area contributed by atoms with Gasteiger partial charge < -0.3 is 14.7 Å². The average molecular weight is 373 g/mol. The van der Waals surface area contributed by atoms with Gasteiger partial charge in [-0.1, -0.05) is 12.1 Å². The fraction of sp³-hybridized carbons (Fsp3) is 0.500. The summed E-state index contributed by atoms with van der Waals surface area (Å²) in [7, 11) is 4.06. The summed E-state index contributed by atoms with van der Waals surface area (Å²) in [5, 5.41) is 3.08. The van der Waals surface area contributed by atoms with E-state index in [4.69, 9.17) is 0 Å². The Kier molecular flexibility index (Phi) is 5.94. The number of nitrogens with zero attached hydrogens (tertiary/aromatic N) is 4. The van der Waals surface area contributed by atoms with Crippen molar-refractivity contribution in [2.45, 2.75) is 26.8 Å². The molecule has 2 heterocycles. The summed E-state index contributed by atoms with van der Waals surface area (Å²) in [6.07, 6.45) is 0.410. The van der Waals surface area contributed by atoms with E-state index in [1.54, 1.807) is 11.3 Å². The van der Waals surface area contributed by atoms with Crippen LogP contribution in [0.15, 0.2) is 23.6 Å². The van der Waals surface area contributed by atoms with Gasteiger partial charge in [0, 0.05) is 43.8 Å². The molecule has 1 aliphatic heterocycles. The van der Waals surface area contributed by atoms with Crippen LogP contribution in [0.2, 0.25) is 0 Å². The van der Waals surface area contributed by atoms with Crippen molar-refractivity contribution in [3.05, 3.63) is 45.4 Å². The highest BCUT2D eigenvalue weighted by molar-refractivity contribution is 7.09. The van der Waals surface area contributed by atoms with Crippen molar-refractivity contribution < 1.29 is 4.79 Å². The third kappa shape index (κ3) is 4.43. The van der Waals surface area contributed by atoms with Gasteiger partial charge >= 0.3 is 0 Å². The Morgan fingerprint density at radius 2 is 1.92 bits per heavy atom. The van der Waals surface area contributed by atoms with Crippen LogP contribution in [0.5, 0.6) is 0 Å². The van der Waals surface area contributed by atoms with Gasteiger partial charge in [0.1, 0.15) is 5.01 Å². The highest BCUT2D eigenvalue weighted by Crippen LogP contribution is 2.24. The van der Waals surface area contributed by atoms with Gasteiger partial charge in [-0.05, 0) is 45.1 Å². The predicted molar refractivity (Wildman–Crippen MR) is 108 cm³/mol. The highest BCUT2D eigenvalue weighted by Gasteiger charge is 2.23. The van der Waals surface area contributed by atoms with Crippen LogP contribution in [0.1, 0.15) is 21.8 Å². The summed E-state index contributed by atoms with van der Waals surface area (Å²) in [5.74, 6) is 0.187. The Morgan fingerprint density at radius 3 is 2.62 bits per heavy atom. The molecule has 1 amide bonds. The Balaban J connectivity index is 1.55. The molecule has 0 spiro atoms. The minimum Gasteiger partial charge on any atom is -0.368 e. The molecule has 0 radical (unpaired) electrons. The van der Waals surface area contributed by atoms with E-state index in [0.29, 0.717) is 6.42 Å². The molecule has 0 atom stereocenters. The highest BCUT2D eigenvalue weighted by atomic mass is 32.1. The molecule has 0 unspecified atom stereocenters. The number of rotatable bonds is 5. The zero-order chi connectivity index (χ0) is 18.7. The summed E-state index contributed by atoms with van der Waals surface area (Å²) in [6.45, 7) is 8.49. The van der Waals surface area contributed by atoms with Gasteiger partial charge in [-0.3, -0.25) is 4.79 Å². The first kappa shape index (κ1) is 18.9. The van der Waals surface area contributed by atoms with E-state index in [2.05, 4.69) is 46.8 Å². The van der Waals surface area contributed by atoms with Gasteiger partial charge in [-0.2, -0.15) is 0 Å². The maximum atomic E-state index is 12.6. The number of hydrogen-bond donors (Lipinski definition) is 0. The van der Waals surface area contributed by atoms with Gasteiger partial charge in [0.05, 0.1) is 12.1 Å². The van der Waals surface area contributed by atoms with Crippen molar-refractivity contribution in [2.75, 3.05) is 45.2 Å². The van der Waals surface area contributed by atoms with Crippen molar-refractivity contribution in [3.63, 3.8) is 0 Å². The van der Waals surface area contributed by atoms with Crippen LogP contribution in [-0.2, 0) is 17.8 Å². The van der Waals surface area contributed by atoms with Gasteiger partial charge in [-0.25, -0.2) is 4.98 Å². The van der Waals surface area contributed by atoms with Crippen molar-refractivity contribution >= 4 is 22.9 Å². The monoisotopic (exact) mass is 372 g/mol. The number of piperazine rings is 1. The summed E-state index contributed by atoms with van der Waals surface area (Å²) >= 11 is 1.64. The quantitative estimate of drug-likeness (QED) is 0.809. The molecule has 1 saturated heterocycles. The maximum Gasteiger partial charge on any atom is 0.228 e. The van der Waals surface area contributed by atoms with Crippen LogP contribution in [0.3, 0.4) is 0 Å². The lowest BCUT2D eigenvalue weighted by Gasteiger charge is -2.37. The lowest BCUT2D eigenvalue weighted by atomic mass is 10.1. The summed E-state index contributed by atoms with van der Waals surface area (Å²) < 4.78 is 0. The van der Waals surface area contributed by atoms with Gasteiger partial charge in [0.25, 0.3) is 0 Å². The Morgan fingerprint density at radius 1 is 1.19 bits per heavy atom. The number of anilines is 1. The van der Waals surface area contributed by atoms with Crippen molar-refractivity contribution in [2.24, 2.45) is 0 Å². The van der Waals surface area contributed by atoms with Gasteiger partial charge in [0.2, 0.25) is 5.91 Å². The number of benzene rings is 1. The second-order valence-electron chi connectivity index (χ2n) is 7.23. The molecule has 6 heteroatoms. The summed E-state index contributed by atoms with van der Waals surface area (Å²) in [4.78, 5) is 23.7. The molecule has 1 aliphatic rings. The van der Waals surface area contributed by atoms with E-state index in [1.807, 2.05) is 24.4 Å². The number of aromatic nitrogens is 1. The lowest BCUT2D eigenvalue weighted by Crippen LogP contribution is -2.49. The predicted octanol–water partition coefficient (Wildman–Crippen LogP) is 2.71. The fourth-order valence-corrected chi connectivity index (χ4v) is 4.23. The molecular formula is C20H28N4OS. The lowest BCUT2D eigenvalue weighted by molar-refractivity contribution is -0.130. The van der Waals surface area contributed by atoms with Crippen LogP contribution < -0.4 is 4.90 Å². The zero-order valence-electron chi connectivity index (χ0n) is 16.2. The van der Waals surface area contributed by atoms with Crippen LogP contribution in [0.4, 0.5) is 5.69 Å². The molecule has 3 rings (SSSR count). The largest absolute Gasteiger partial charge is 0.368 e. The fourth-order valence-electron chi connectivity index (χ4n) is 3.31. The van der Waals surface area contributed by atoms with Crippen LogP contribution >= 0.6 is 11.3 Å². The first-order valence-corrected chi connectivity index (χ1v) is 9.99. The Labute approximate surface area is 160 Å². The molecule has 1 aromatic heterocycles. The van der Waals surface area contributed by atoms with Gasteiger partial charge in [0.15, 0.2) is 0 Å². The molecule has 0 bridgehead atoms. The first-order chi connectivity index (χ1) is 12.4. The maximum absolute atomic E-state index is 12.6. The molecule has 1 aromatic carbocycles. The van der Waals surface area contributed by atoms with Crippen LogP contribution in [-0.4, -0.2) is 61.0 Å². The first-order valence-electron chi connectivity index (χ1n) is 9.11. The number of carbonyl (C=O) groups excluding carboxylic acids is 1. The third-order valence-corrected chi connectivity index (χ3v) is 5.81. The van der Waals surface area contributed by atoms with Crippen molar-refractivity contribution in [1.29, 1.82) is 0 Å². The van der Waals surface area contributed by atoms with E-state index < -0.39 is 0 Å². The number of carbonyl (C=O) groups is 1. The molecule has 0 N–H and O–H groups in total. The van der Waals surface area contributed by atoms with Crippen LogP contribution in [0, 0.1) is 13.8 Å². The van der Waals surface area contributed by atoms with E-state index in [9.17, 15) is 4.79 Å². The van der Waals surface area contributed by atoms with Crippen LogP contribution in [0.25, 0.3) is 0 Å². The number of hydrogen-bond acceptors (Lipinski definition) is 5. The van der Waals surface area contributed by atoms with Crippen molar-refractivity contribution in [1.82, 2.24) is 14.8 Å². The molecular weight excluding hydrogens is 344 g/mol. The standard InChI is InChI=1S/C20H28N4OS/c1-15-6-5-7-18(16(15)2)23-8-10-24(11-9-23)20(25)12-17-14-26-19(21-17)13-22(3)4/h5-7,14H,8-13H2,1-4H3. The normalized spacial score (nSPS) is 15.0. The molecule has 0 aliphatic carbocycles. The van der Waals surface area contributed by atoms with Crippen molar-refractivity contribution in [3.8, 4) is 0 Å². The number of thiazole rings is 1. The molecule has 2 aromatic rings. The van der Waals surface area contributed by atoms with Gasteiger partial charge in [-0.15, -0.1) is 11.3 Å². The zero-order valence-corrected chi connectivity index (χ0v) is 17.0. The number of aryl methyl sites for hydroxylation is 1. The Hall–Kier alpha value is -1.92. The topological polar surface area (TPSA) is 39.7 Å². The molecule has 140 valence electrons. The third-order valence-electron chi connectivity index (χ3n) is 4.93. The minimum absolute atomic E-state index is 0.187. The van der Waals surface area contributed by atoms with E-state index in [-0.39, 0.29) is 5.91 Å². The second-order valence-corrected chi connectivity index (χ2v) is 8.18. The summed E-state index contributed by atoms with van der Waals surface area (Å²) in [5.41, 5.74) is 4.85. The van der Waals surface area contributed by atoms with E-state index in [1.165, 1.54) is 16.8 Å². The molecule has 26 heavy (non-hydrogen) atoms. The average Bonchev–Trinajstić information content (AvgIpc) is 3.03. The molecule has 0 saturated carbocycles.